The lowest BCUT2D eigenvalue weighted by atomic mass is 10.2. The Bertz CT molecular complexity index is 958. The molecule has 0 aliphatic rings. The van der Waals surface area contributed by atoms with E-state index in [0.29, 0.717) is 48.4 Å². The molecular formula is C22H25N3O4. The highest BCUT2D eigenvalue weighted by Crippen LogP contribution is 2.40. The second-order valence-corrected chi connectivity index (χ2v) is 6.06. The van der Waals surface area contributed by atoms with Crippen molar-refractivity contribution in [3.63, 3.8) is 0 Å². The Hall–Kier alpha value is -3.48. The Kier molecular flexibility index (Phi) is 6.73. The molecule has 0 radical (unpaired) electrons. The van der Waals surface area contributed by atoms with Gasteiger partial charge < -0.3 is 24.8 Å². The number of rotatable bonds is 8. The molecule has 7 heteroatoms. The Morgan fingerprint density at radius 2 is 1.55 bits per heavy atom. The predicted molar refractivity (Wildman–Crippen MR) is 114 cm³/mol. The molecule has 3 aromatic rings. The van der Waals surface area contributed by atoms with Crippen LogP contribution in [0.4, 0.5) is 16.2 Å². The van der Waals surface area contributed by atoms with Crippen molar-refractivity contribution < 1.29 is 19.0 Å². The Morgan fingerprint density at radius 1 is 0.897 bits per heavy atom. The van der Waals surface area contributed by atoms with Crippen LogP contribution in [0, 0.1) is 0 Å². The molecule has 3 rings (SSSR count). The number of para-hydroxylation sites is 1. The van der Waals surface area contributed by atoms with Gasteiger partial charge in [0.25, 0.3) is 0 Å². The summed E-state index contributed by atoms with van der Waals surface area (Å²) in [6.07, 6.45) is 1.70. The molecule has 1 heterocycles. The molecule has 152 valence electrons. The van der Waals surface area contributed by atoms with Crippen molar-refractivity contribution in [1.29, 1.82) is 0 Å². The van der Waals surface area contributed by atoms with Crippen LogP contribution in [0.1, 0.15) is 20.8 Å². The Morgan fingerprint density at radius 3 is 2.21 bits per heavy atom. The van der Waals surface area contributed by atoms with Gasteiger partial charge in [-0.2, -0.15) is 0 Å². The van der Waals surface area contributed by atoms with Gasteiger partial charge in [0.2, 0.25) is 5.75 Å². The average Bonchev–Trinajstić information content (AvgIpc) is 2.71. The zero-order valence-electron chi connectivity index (χ0n) is 16.8. The lowest BCUT2D eigenvalue weighted by molar-refractivity contribution is 0.260. The SMILES string of the molecule is CCOc1cc(NC(=O)Nc2cccc3cccnc23)cc(OCC)c1OCC. The van der Waals surface area contributed by atoms with Gasteiger partial charge in [-0.25, -0.2) is 4.79 Å². The summed E-state index contributed by atoms with van der Waals surface area (Å²) in [5.41, 5.74) is 1.88. The molecule has 0 spiro atoms. The fraction of sp³-hybridized carbons (Fsp3) is 0.273. The van der Waals surface area contributed by atoms with E-state index in [1.807, 2.05) is 51.1 Å². The van der Waals surface area contributed by atoms with Gasteiger partial charge in [-0.05, 0) is 32.9 Å². The number of anilines is 2. The number of urea groups is 1. The molecule has 0 unspecified atom stereocenters. The highest BCUT2D eigenvalue weighted by molar-refractivity contribution is 6.05. The molecule has 29 heavy (non-hydrogen) atoms. The predicted octanol–water partition coefficient (Wildman–Crippen LogP) is 5.07. The monoisotopic (exact) mass is 395 g/mol. The normalized spacial score (nSPS) is 10.4. The fourth-order valence-corrected chi connectivity index (χ4v) is 2.95. The van der Waals surface area contributed by atoms with Crippen molar-refractivity contribution in [2.75, 3.05) is 30.5 Å². The van der Waals surface area contributed by atoms with E-state index >= 15 is 0 Å². The first-order valence-electron chi connectivity index (χ1n) is 9.64. The maximum absolute atomic E-state index is 12.6. The number of hydrogen-bond donors (Lipinski definition) is 2. The lowest BCUT2D eigenvalue weighted by Crippen LogP contribution is -2.20. The van der Waals surface area contributed by atoms with E-state index in [2.05, 4.69) is 15.6 Å². The van der Waals surface area contributed by atoms with Crippen LogP contribution in [0.5, 0.6) is 17.2 Å². The van der Waals surface area contributed by atoms with Crippen LogP contribution in [0.25, 0.3) is 10.9 Å². The molecule has 2 N–H and O–H groups in total. The number of fused-ring (bicyclic) bond motifs is 1. The van der Waals surface area contributed by atoms with Crippen LogP contribution in [-0.2, 0) is 0 Å². The number of nitrogens with zero attached hydrogens (tertiary/aromatic N) is 1. The molecule has 2 amide bonds. The third-order valence-corrected chi connectivity index (χ3v) is 4.05. The zero-order chi connectivity index (χ0) is 20.6. The van der Waals surface area contributed by atoms with Gasteiger partial charge in [-0.15, -0.1) is 0 Å². The molecule has 0 aliphatic carbocycles. The summed E-state index contributed by atoms with van der Waals surface area (Å²) in [7, 11) is 0. The van der Waals surface area contributed by atoms with E-state index < -0.39 is 6.03 Å². The number of ether oxygens (including phenoxy) is 3. The first kappa shape index (κ1) is 20.3. The van der Waals surface area contributed by atoms with Crippen molar-refractivity contribution in [2.45, 2.75) is 20.8 Å². The third kappa shape index (κ3) is 4.87. The Balaban J connectivity index is 1.85. The van der Waals surface area contributed by atoms with Crippen LogP contribution >= 0.6 is 0 Å². The van der Waals surface area contributed by atoms with Crippen molar-refractivity contribution in [3.8, 4) is 17.2 Å². The number of carbonyl (C=O) groups excluding carboxylic acids is 1. The lowest BCUT2D eigenvalue weighted by Gasteiger charge is -2.17. The highest BCUT2D eigenvalue weighted by atomic mass is 16.5. The van der Waals surface area contributed by atoms with Gasteiger partial charge in [-0.1, -0.05) is 18.2 Å². The standard InChI is InChI=1S/C22H25N3O4/c1-4-27-18-13-16(14-19(28-5-2)21(18)29-6-3)24-22(26)25-17-11-7-9-15-10-8-12-23-20(15)17/h7-14H,4-6H2,1-3H3,(H2,24,25,26). The number of aromatic nitrogens is 1. The van der Waals surface area contributed by atoms with Crippen LogP contribution in [0.3, 0.4) is 0 Å². The minimum absolute atomic E-state index is 0.391. The van der Waals surface area contributed by atoms with Crippen LogP contribution in [-0.4, -0.2) is 30.8 Å². The number of hydrogen-bond acceptors (Lipinski definition) is 5. The minimum atomic E-state index is -0.391. The maximum atomic E-state index is 12.6. The third-order valence-electron chi connectivity index (χ3n) is 4.05. The highest BCUT2D eigenvalue weighted by Gasteiger charge is 2.16. The van der Waals surface area contributed by atoms with Crippen molar-refractivity contribution in [1.82, 2.24) is 4.98 Å². The smallest absolute Gasteiger partial charge is 0.323 e. The average molecular weight is 395 g/mol. The van der Waals surface area contributed by atoms with Crippen molar-refractivity contribution >= 4 is 28.3 Å². The summed E-state index contributed by atoms with van der Waals surface area (Å²) in [6.45, 7) is 7.06. The summed E-state index contributed by atoms with van der Waals surface area (Å²) in [5.74, 6) is 1.56. The number of pyridine rings is 1. The van der Waals surface area contributed by atoms with Gasteiger partial charge in [0, 0.05) is 23.7 Å². The van der Waals surface area contributed by atoms with Gasteiger partial charge in [0.15, 0.2) is 11.5 Å². The molecule has 0 aliphatic heterocycles. The van der Waals surface area contributed by atoms with E-state index in [-0.39, 0.29) is 0 Å². The van der Waals surface area contributed by atoms with E-state index in [0.717, 1.165) is 10.9 Å². The molecular weight excluding hydrogens is 370 g/mol. The van der Waals surface area contributed by atoms with Gasteiger partial charge >= 0.3 is 6.03 Å². The van der Waals surface area contributed by atoms with Gasteiger partial charge in [-0.3, -0.25) is 4.98 Å². The summed E-state index contributed by atoms with van der Waals surface area (Å²) in [4.78, 5) is 17.0. The number of amides is 2. The molecule has 0 bridgehead atoms. The second-order valence-electron chi connectivity index (χ2n) is 6.06. The zero-order valence-corrected chi connectivity index (χ0v) is 16.8. The van der Waals surface area contributed by atoms with Gasteiger partial charge in [0.1, 0.15) is 0 Å². The van der Waals surface area contributed by atoms with Crippen molar-refractivity contribution in [3.05, 3.63) is 48.7 Å². The van der Waals surface area contributed by atoms with Crippen LogP contribution < -0.4 is 24.8 Å². The molecule has 0 saturated heterocycles. The quantitative estimate of drug-likeness (QED) is 0.556. The molecule has 2 aromatic carbocycles. The molecule has 0 atom stereocenters. The van der Waals surface area contributed by atoms with E-state index in [9.17, 15) is 4.79 Å². The maximum Gasteiger partial charge on any atom is 0.323 e. The number of benzene rings is 2. The molecule has 0 fully saturated rings. The summed E-state index contributed by atoms with van der Waals surface area (Å²) >= 11 is 0. The molecule has 1 aromatic heterocycles. The second kappa shape index (κ2) is 9.64. The van der Waals surface area contributed by atoms with Crippen LogP contribution in [0.2, 0.25) is 0 Å². The number of nitrogens with one attached hydrogen (secondary N) is 2. The van der Waals surface area contributed by atoms with Crippen molar-refractivity contribution in [2.24, 2.45) is 0 Å². The van der Waals surface area contributed by atoms with E-state index in [1.165, 1.54) is 0 Å². The first-order chi connectivity index (χ1) is 14.2. The first-order valence-corrected chi connectivity index (χ1v) is 9.64. The topological polar surface area (TPSA) is 81.7 Å². The van der Waals surface area contributed by atoms with Crippen LogP contribution in [0.15, 0.2) is 48.7 Å². The van der Waals surface area contributed by atoms with E-state index in [1.54, 1.807) is 18.3 Å². The summed E-state index contributed by atoms with van der Waals surface area (Å²) < 4.78 is 17.1. The summed E-state index contributed by atoms with van der Waals surface area (Å²) in [6, 6.07) is 12.5. The Labute approximate surface area is 170 Å². The van der Waals surface area contributed by atoms with Gasteiger partial charge in [0.05, 0.1) is 36.7 Å². The minimum Gasteiger partial charge on any atom is -0.490 e. The number of carbonyl (C=O) groups is 1. The summed E-state index contributed by atoms with van der Waals surface area (Å²) in [5, 5.41) is 6.63. The van der Waals surface area contributed by atoms with E-state index in [4.69, 9.17) is 14.2 Å². The molecule has 7 nitrogen and oxygen atoms in total. The largest absolute Gasteiger partial charge is 0.490 e. The fourth-order valence-electron chi connectivity index (χ4n) is 2.95. The molecule has 0 saturated carbocycles.